The Bertz CT molecular complexity index is 678. The van der Waals surface area contributed by atoms with Crippen LogP contribution in [-0.2, 0) is 0 Å². The van der Waals surface area contributed by atoms with Crippen molar-refractivity contribution >= 4 is 40.6 Å². The predicted molar refractivity (Wildman–Crippen MR) is 89.0 cm³/mol. The molecule has 0 fully saturated rings. The molecule has 22 heavy (non-hydrogen) atoms. The summed E-state index contributed by atoms with van der Waals surface area (Å²) in [7, 11) is 0. The lowest BCUT2D eigenvalue weighted by atomic mass is 10.2. The maximum Gasteiger partial charge on any atom is 0.270 e. The summed E-state index contributed by atoms with van der Waals surface area (Å²) >= 11 is 12.0. The molecule has 0 radical (unpaired) electrons. The fraction of sp³-hybridized carbons (Fsp3) is 0.267. The summed E-state index contributed by atoms with van der Waals surface area (Å²) < 4.78 is 0. The Balaban J connectivity index is 2.18. The molecule has 1 amide bonds. The average molecular weight is 339 g/mol. The second kappa shape index (κ2) is 7.42. The van der Waals surface area contributed by atoms with Gasteiger partial charge in [0.2, 0.25) is 0 Å². The van der Waals surface area contributed by atoms with Crippen molar-refractivity contribution in [3.63, 3.8) is 0 Å². The van der Waals surface area contributed by atoms with Crippen LogP contribution in [-0.4, -0.2) is 21.9 Å². The first-order chi connectivity index (χ1) is 10.5. The molecule has 5 nitrogen and oxygen atoms in total. The lowest BCUT2D eigenvalue weighted by Crippen LogP contribution is -2.32. The van der Waals surface area contributed by atoms with Crippen LogP contribution in [0.4, 0.5) is 11.5 Å². The van der Waals surface area contributed by atoms with Gasteiger partial charge >= 0.3 is 0 Å². The number of carbonyl (C=O) groups is 1. The number of halogens is 2. The van der Waals surface area contributed by atoms with Crippen LogP contribution in [0.2, 0.25) is 10.0 Å². The summed E-state index contributed by atoms with van der Waals surface area (Å²) in [4.78, 5) is 20.1. The van der Waals surface area contributed by atoms with E-state index < -0.39 is 0 Å². The van der Waals surface area contributed by atoms with Gasteiger partial charge in [-0.15, -0.1) is 0 Å². The van der Waals surface area contributed by atoms with E-state index >= 15 is 0 Å². The number of hydrogen-bond donors (Lipinski definition) is 2. The number of nitrogens with one attached hydrogen (secondary N) is 2. The second-order valence-corrected chi connectivity index (χ2v) is 5.66. The molecule has 2 aromatic rings. The number of anilines is 2. The molecular formula is C15H16Cl2N4O. The molecule has 0 aliphatic rings. The molecule has 1 heterocycles. The quantitative estimate of drug-likeness (QED) is 0.862. The van der Waals surface area contributed by atoms with Gasteiger partial charge in [0.15, 0.2) is 0 Å². The fourth-order valence-corrected chi connectivity index (χ4v) is 2.02. The molecule has 1 atom stereocenters. The average Bonchev–Trinajstić information content (AvgIpc) is 2.51. The van der Waals surface area contributed by atoms with E-state index in [0.29, 0.717) is 21.6 Å². The Morgan fingerprint density at radius 1 is 1.27 bits per heavy atom. The molecule has 0 bridgehead atoms. The maximum atomic E-state index is 12.1. The van der Waals surface area contributed by atoms with E-state index in [0.717, 1.165) is 6.42 Å². The number of amides is 1. The molecule has 0 spiro atoms. The molecule has 0 aliphatic carbocycles. The van der Waals surface area contributed by atoms with Crippen LogP contribution in [0.15, 0.2) is 30.6 Å². The molecular weight excluding hydrogens is 323 g/mol. The van der Waals surface area contributed by atoms with Crippen molar-refractivity contribution in [1.29, 1.82) is 0 Å². The topological polar surface area (TPSA) is 66.9 Å². The van der Waals surface area contributed by atoms with Gasteiger partial charge in [-0.2, -0.15) is 0 Å². The first-order valence-corrected chi connectivity index (χ1v) is 7.60. The highest BCUT2D eigenvalue weighted by molar-refractivity contribution is 6.35. The molecule has 7 heteroatoms. The third-order valence-corrected chi connectivity index (χ3v) is 3.65. The van der Waals surface area contributed by atoms with E-state index in [-0.39, 0.29) is 17.6 Å². The van der Waals surface area contributed by atoms with Crippen molar-refractivity contribution in [2.24, 2.45) is 0 Å². The minimum absolute atomic E-state index is 0.0845. The van der Waals surface area contributed by atoms with Gasteiger partial charge in [-0.1, -0.05) is 30.1 Å². The maximum absolute atomic E-state index is 12.1. The molecule has 2 rings (SSSR count). The van der Waals surface area contributed by atoms with E-state index in [1.165, 1.54) is 6.33 Å². The highest BCUT2D eigenvalue weighted by Gasteiger charge is 2.11. The zero-order chi connectivity index (χ0) is 16.1. The van der Waals surface area contributed by atoms with Gasteiger partial charge < -0.3 is 10.6 Å². The van der Waals surface area contributed by atoms with Crippen molar-refractivity contribution in [2.45, 2.75) is 26.3 Å². The zero-order valence-corrected chi connectivity index (χ0v) is 13.7. The Labute approximate surface area is 139 Å². The SMILES string of the molecule is CCC(C)NC(=O)c1cc(Nc2cc(Cl)ccc2Cl)ncn1. The first-order valence-electron chi connectivity index (χ1n) is 6.84. The molecule has 1 unspecified atom stereocenters. The van der Waals surface area contributed by atoms with Crippen molar-refractivity contribution in [3.05, 3.63) is 46.3 Å². The van der Waals surface area contributed by atoms with Crippen LogP contribution in [0, 0.1) is 0 Å². The van der Waals surface area contributed by atoms with E-state index in [1.54, 1.807) is 24.3 Å². The Morgan fingerprint density at radius 3 is 2.77 bits per heavy atom. The number of rotatable bonds is 5. The Morgan fingerprint density at radius 2 is 2.05 bits per heavy atom. The van der Waals surface area contributed by atoms with Gasteiger partial charge in [0, 0.05) is 17.1 Å². The summed E-state index contributed by atoms with van der Waals surface area (Å²) in [5, 5.41) is 6.94. The molecule has 1 aromatic heterocycles. The monoisotopic (exact) mass is 338 g/mol. The van der Waals surface area contributed by atoms with Crippen LogP contribution in [0.3, 0.4) is 0 Å². The third-order valence-electron chi connectivity index (χ3n) is 3.08. The lowest BCUT2D eigenvalue weighted by Gasteiger charge is -2.12. The summed E-state index contributed by atoms with van der Waals surface area (Å²) in [5.41, 5.74) is 0.900. The smallest absolute Gasteiger partial charge is 0.270 e. The Kier molecular flexibility index (Phi) is 5.57. The van der Waals surface area contributed by atoms with E-state index in [1.807, 2.05) is 13.8 Å². The van der Waals surface area contributed by atoms with E-state index in [9.17, 15) is 4.79 Å². The Hall–Kier alpha value is -1.85. The molecule has 1 aromatic carbocycles. The van der Waals surface area contributed by atoms with Crippen LogP contribution < -0.4 is 10.6 Å². The summed E-state index contributed by atoms with van der Waals surface area (Å²) in [6, 6.07) is 6.71. The van der Waals surface area contributed by atoms with Gasteiger partial charge in [-0.05, 0) is 31.5 Å². The van der Waals surface area contributed by atoms with Crippen LogP contribution in [0.25, 0.3) is 0 Å². The largest absolute Gasteiger partial charge is 0.348 e. The summed E-state index contributed by atoms with van der Waals surface area (Å²) in [5.74, 6) is 0.227. The zero-order valence-electron chi connectivity index (χ0n) is 12.2. The second-order valence-electron chi connectivity index (χ2n) is 4.82. The first kappa shape index (κ1) is 16.5. The highest BCUT2D eigenvalue weighted by atomic mass is 35.5. The molecule has 116 valence electrons. The van der Waals surface area contributed by atoms with Crippen molar-refractivity contribution in [2.75, 3.05) is 5.32 Å². The van der Waals surface area contributed by atoms with Crippen molar-refractivity contribution < 1.29 is 4.79 Å². The molecule has 0 aliphatic heterocycles. The van der Waals surface area contributed by atoms with Crippen molar-refractivity contribution in [3.8, 4) is 0 Å². The van der Waals surface area contributed by atoms with Gasteiger partial charge in [0.05, 0.1) is 10.7 Å². The molecule has 0 saturated heterocycles. The normalized spacial score (nSPS) is 11.8. The number of nitrogens with zero attached hydrogens (tertiary/aromatic N) is 2. The van der Waals surface area contributed by atoms with E-state index in [2.05, 4.69) is 20.6 Å². The van der Waals surface area contributed by atoms with Crippen LogP contribution in [0.1, 0.15) is 30.8 Å². The van der Waals surface area contributed by atoms with E-state index in [4.69, 9.17) is 23.2 Å². The third kappa shape index (κ3) is 4.32. The standard InChI is InChI=1S/C15H16Cl2N4O/c1-3-9(2)20-15(22)13-7-14(19-8-18-13)21-12-6-10(16)4-5-11(12)17/h4-9H,3H2,1-2H3,(H,20,22)(H,18,19,21). The minimum atomic E-state index is -0.239. The molecule has 2 N–H and O–H groups in total. The van der Waals surface area contributed by atoms with Crippen LogP contribution in [0.5, 0.6) is 0 Å². The predicted octanol–water partition coefficient (Wildman–Crippen LogP) is 4.06. The van der Waals surface area contributed by atoms with Crippen molar-refractivity contribution in [1.82, 2.24) is 15.3 Å². The number of hydrogen-bond acceptors (Lipinski definition) is 4. The number of carbonyl (C=O) groups excluding carboxylic acids is 1. The summed E-state index contributed by atoms with van der Waals surface area (Å²) in [6.45, 7) is 3.93. The van der Waals surface area contributed by atoms with Gasteiger partial charge in [-0.3, -0.25) is 4.79 Å². The highest BCUT2D eigenvalue weighted by Crippen LogP contribution is 2.27. The van der Waals surface area contributed by atoms with Gasteiger partial charge in [0.25, 0.3) is 5.91 Å². The number of benzene rings is 1. The van der Waals surface area contributed by atoms with Crippen LogP contribution >= 0.6 is 23.2 Å². The van der Waals surface area contributed by atoms with Gasteiger partial charge in [0.1, 0.15) is 17.8 Å². The lowest BCUT2D eigenvalue weighted by molar-refractivity contribution is 0.0934. The summed E-state index contributed by atoms with van der Waals surface area (Å²) in [6.07, 6.45) is 2.17. The minimum Gasteiger partial charge on any atom is -0.348 e. The fourth-order valence-electron chi connectivity index (χ4n) is 1.68. The number of aromatic nitrogens is 2. The molecule has 0 saturated carbocycles. The van der Waals surface area contributed by atoms with Gasteiger partial charge in [-0.25, -0.2) is 9.97 Å².